The fourth-order valence-electron chi connectivity index (χ4n) is 2.24. The molecule has 0 amide bonds. The number of hydrogen-bond donors (Lipinski definition) is 2. The molecule has 2 aromatic rings. The van der Waals surface area contributed by atoms with E-state index in [2.05, 4.69) is 32.9 Å². The number of benzene rings is 1. The summed E-state index contributed by atoms with van der Waals surface area (Å²) in [5.74, 6) is 0. The van der Waals surface area contributed by atoms with Crippen molar-refractivity contribution in [3.05, 3.63) is 18.2 Å². The van der Waals surface area contributed by atoms with Crippen LogP contribution in [0.4, 0.5) is 5.69 Å². The van der Waals surface area contributed by atoms with E-state index in [4.69, 9.17) is 0 Å². The number of nitrogens with zero attached hydrogens (tertiary/aromatic N) is 2. The molecule has 4 nitrogen and oxygen atoms in total. The van der Waals surface area contributed by atoms with Crippen LogP contribution in [0.15, 0.2) is 18.2 Å². The molecule has 0 saturated heterocycles. The number of H-pyrrole nitrogens is 1. The molecule has 2 N–H and O–H groups in total. The zero-order valence-corrected chi connectivity index (χ0v) is 8.53. The summed E-state index contributed by atoms with van der Waals surface area (Å²) >= 11 is 0. The second-order valence-electron chi connectivity index (χ2n) is 4.15. The SMILES string of the molecule is c1cc2n[nH]nc2cc1NC1CCCC1. The van der Waals surface area contributed by atoms with Crippen LogP contribution in [-0.2, 0) is 0 Å². The van der Waals surface area contributed by atoms with Gasteiger partial charge in [0.2, 0.25) is 0 Å². The van der Waals surface area contributed by atoms with Crippen LogP contribution in [0.1, 0.15) is 25.7 Å². The van der Waals surface area contributed by atoms with Crippen molar-refractivity contribution in [1.29, 1.82) is 0 Å². The van der Waals surface area contributed by atoms with Crippen molar-refractivity contribution in [3.8, 4) is 0 Å². The first-order valence-corrected chi connectivity index (χ1v) is 5.49. The fraction of sp³-hybridized carbons (Fsp3) is 0.455. The molecule has 0 bridgehead atoms. The van der Waals surface area contributed by atoms with Crippen molar-refractivity contribution in [2.24, 2.45) is 0 Å². The summed E-state index contributed by atoms with van der Waals surface area (Å²) in [6, 6.07) is 6.77. The molecule has 3 rings (SSSR count). The van der Waals surface area contributed by atoms with Gasteiger partial charge in [0.1, 0.15) is 11.0 Å². The van der Waals surface area contributed by atoms with Crippen molar-refractivity contribution in [1.82, 2.24) is 15.4 Å². The van der Waals surface area contributed by atoms with E-state index in [0.29, 0.717) is 6.04 Å². The van der Waals surface area contributed by atoms with Crippen LogP contribution in [0.25, 0.3) is 11.0 Å². The van der Waals surface area contributed by atoms with Gasteiger partial charge in [0.05, 0.1) is 0 Å². The molecule has 0 unspecified atom stereocenters. The molecule has 1 heterocycles. The quantitative estimate of drug-likeness (QED) is 0.785. The highest BCUT2D eigenvalue weighted by atomic mass is 15.3. The lowest BCUT2D eigenvalue weighted by Crippen LogP contribution is -2.14. The second kappa shape index (κ2) is 3.53. The summed E-state index contributed by atoms with van der Waals surface area (Å²) in [6.07, 6.45) is 5.28. The number of hydrogen-bond acceptors (Lipinski definition) is 3. The van der Waals surface area contributed by atoms with Gasteiger partial charge in [0.25, 0.3) is 0 Å². The smallest absolute Gasteiger partial charge is 0.115 e. The molecule has 0 spiro atoms. The van der Waals surface area contributed by atoms with Crippen LogP contribution >= 0.6 is 0 Å². The highest BCUT2D eigenvalue weighted by molar-refractivity contribution is 5.77. The minimum atomic E-state index is 0.648. The lowest BCUT2D eigenvalue weighted by atomic mass is 10.2. The Kier molecular flexibility index (Phi) is 2.05. The molecule has 1 aromatic heterocycles. The van der Waals surface area contributed by atoms with Crippen molar-refractivity contribution < 1.29 is 0 Å². The van der Waals surface area contributed by atoms with Gasteiger partial charge in [-0.3, -0.25) is 0 Å². The molecule has 78 valence electrons. The number of rotatable bonds is 2. The van der Waals surface area contributed by atoms with E-state index < -0.39 is 0 Å². The summed E-state index contributed by atoms with van der Waals surface area (Å²) in [5, 5.41) is 14.3. The minimum absolute atomic E-state index is 0.648. The summed E-state index contributed by atoms with van der Waals surface area (Å²) in [4.78, 5) is 0. The number of anilines is 1. The maximum absolute atomic E-state index is 4.08. The van der Waals surface area contributed by atoms with Gasteiger partial charge < -0.3 is 5.32 Å². The topological polar surface area (TPSA) is 53.6 Å². The third-order valence-corrected chi connectivity index (χ3v) is 3.04. The van der Waals surface area contributed by atoms with Crippen molar-refractivity contribution in [2.75, 3.05) is 5.32 Å². The van der Waals surface area contributed by atoms with Gasteiger partial charge in [0.15, 0.2) is 0 Å². The van der Waals surface area contributed by atoms with E-state index in [0.717, 1.165) is 16.7 Å². The molecule has 1 saturated carbocycles. The maximum atomic E-state index is 4.08. The summed E-state index contributed by atoms with van der Waals surface area (Å²) in [7, 11) is 0. The molecular weight excluding hydrogens is 188 g/mol. The Hall–Kier alpha value is -1.58. The molecule has 0 aliphatic heterocycles. The van der Waals surface area contributed by atoms with Crippen molar-refractivity contribution in [2.45, 2.75) is 31.7 Å². The van der Waals surface area contributed by atoms with E-state index in [-0.39, 0.29) is 0 Å². The molecule has 0 radical (unpaired) electrons. The highest BCUT2D eigenvalue weighted by Crippen LogP contribution is 2.23. The van der Waals surface area contributed by atoms with Crippen LogP contribution in [0.5, 0.6) is 0 Å². The average molecular weight is 202 g/mol. The number of aromatic amines is 1. The Balaban J connectivity index is 1.84. The fourth-order valence-corrected chi connectivity index (χ4v) is 2.24. The average Bonchev–Trinajstić information content (AvgIpc) is 2.87. The monoisotopic (exact) mass is 202 g/mol. The Bertz CT molecular complexity index is 456. The van der Waals surface area contributed by atoms with E-state index in [1.165, 1.54) is 25.7 Å². The van der Waals surface area contributed by atoms with Crippen LogP contribution in [0.3, 0.4) is 0 Å². The van der Waals surface area contributed by atoms with Crippen LogP contribution < -0.4 is 5.32 Å². The lowest BCUT2D eigenvalue weighted by Gasteiger charge is -2.12. The predicted molar refractivity (Wildman–Crippen MR) is 59.8 cm³/mol. The number of aromatic nitrogens is 3. The molecule has 15 heavy (non-hydrogen) atoms. The van der Waals surface area contributed by atoms with E-state index in [9.17, 15) is 0 Å². The third-order valence-electron chi connectivity index (χ3n) is 3.04. The van der Waals surface area contributed by atoms with Crippen LogP contribution in [0.2, 0.25) is 0 Å². The standard InChI is InChI=1S/C11H14N4/c1-2-4-8(3-1)12-9-5-6-10-11(7-9)14-15-13-10/h5-8,12H,1-4H2,(H,13,14,15). The highest BCUT2D eigenvalue weighted by Gasteiger charge is 2.14. The Morgan fingerprint density at radius 2 is 1.93 bits per heavy atom. The summed E-state index contributed by atoms with van der Waals surface area (Å²) in [6.45, 7) is 0. The zero-order chi connectivity index (χ0) is 10.1. The molecular formula is C11H14N4. The Morgan fingerprint density at radius 1 is 1.13 bits per heavy atom. The number of fused-ring (bicyclic) bond motifs is 1. The molecule has 1 aliphatic rings. The van der Waals surface area contributed by atoms with Gasteiger partial charge in [-0.25, -0.2) is 0 Å². The molecule has 0 atom stereocenters. The first kappa shape index (κ1) is 8.71. The largest absolute Gasteiger partial charge is 0.382 e. The zero-order valence-electron chi connectivity index (χ0n) is 8.53. The van der Waals surface area contributed by atoms with Gasteiger partial charge in [-0.2, -0.15) is 15.4 Å². The van der Waals surface area contributed by atoms with Crippen molar-refractivity contribution in [3.63, 3.8) is 0 Å². The van der Waals surface area contributed by atoms with Gasteiger partial charge in [0, 0.05) is 11.7 Å². The first-order chi connectivity index (χ1) is 7.42. The van der Waals surface area contributed by atoms with Gasteiger partial charge >= 0.3 is 0 Å². The minimum Gasteiger partial charge on any atom is -0.382 e. The van der Waals surface area contributed by atoms with Gasteiger partial charge in [-0.05, 0) is 31.0 Å². The van der Waals surface area contributed by atoms with E-state index in [1.807, 2.05) is 6.07 Å². The van der Waals surface area contributed by atoms with Crippen LogP contribution in [0, 0.1) is 0 Å². The normalized spacial score (nSPS) is 17.3. The van der Waals surface area contributed by atoms with Crippen LogP contribution in [-0.4, -0.2) is 21.5 Å². The summed E-state index contributed by atoms with van der Waals surface area (Å²) in [5.41, 5.74) is 3.01. The number of nitrogens with one attached hydrogen (secondary N) is 2. The lowest BCUT2D eigenvalue weighted by molar-refractivity contribution is 0.756. The predicted octanol–water partition coefficient (Wildman–Crippen LogP) is 2.31. The van der Waals surface area contributed by atoms with E-state index in [1.54, 1.807) is 0 Å². The molecule has 1 aromatic carbocycles. The Labute approximate surface area is 88.1 Å². The Morgan fingerprint density at radius 3 is 2.80 bits per heavy atom. The van der Waals surface area contributed by atoms with Gasteiger partial charge in [-0.15, -0.1) is 0 Å². The first-order valence-electron chi connectivity index (χ1n) is 5.49. The molecule has 1 fully saturated rings. The second-order valence-corrected chi connectivity index (χ2v) is 4.15. The van der Waals surface area contributed by atoms with Gasteiger partial charge in [-0.1, -0.05) is 12.8 Å². The van der Waals surface area contributed by atoms with Crippen molar-refractivity contribution >= 4 is 16.7 Å². The summed E-state index contributed by atoms with van der Waals surface area (Å²) < 4.78 is 0. The third kappa shape index (κ3) is 1.67. The molecule has 1 aliphatic carbocycles. The molecule has 4 heteroatoms. The van der Waals surface area contributed by atoms with E-state index >= 15 is 0 Å². The maximum Gasteiger partial charge on any atom is 0.115 e.